The number of likely N-dealkylation sites (tertiary alicyclic amines) is 1. The molecule has 0 spiro atoms. The molecular weight excluding hydrogens is 342 g/mol. The summed E-state index contributed by atoms with van der Waals surface area (Å²) in [6, 6.07) is 6.35. The lowest BCUT2D eigenvalue weighted by molar-refractivity contribution is 0.159. The fraction of sp³-hybridized carbons (Fsp3) is 0.316. The predicted molar refractivity (Wildman–Crippen MR) is 101 cm³/mol. The number of likely N-dealkylation sites (N-methyl/N-ethyl adjacent to an activating group) is 1. The second kappa shape index (κ2) is 5.94. The number of nitrogens with one attached hydrogen (secondary N) is 1. The number of nitrogens with zero attached hydrogens (tertiary/aromatic N) is 6. The van der Waals surface area contributed by atoms with Crippen LogP contribution in [0.15, 0.2) is 30.9 Å². The van der Waals surface area contributed by atoms with E-state index < -0.39 is 0 Å². The van der Waals surface area contributed by atoms with Crippen molar-refractivity contribution in [2.45, 2.75) is 19.4 Å². The van der Waals surface area contributed by atoms with E-state index in [2.05, 4.69) is 33.2 Å². The summed E-state index contributed by atoms with van der Waals surface area (Å²) >= 11 is 0. The van der Waals surface area contributed by atoms with E-state index in [-0.39, 0.29) is 0 Å². The maximum Gasteiger partial charge on any atom is 0.131 e. The van der Waals surface area contributed by atoms with Gasteiger partial charge in [-0.05, 0) is 39.1 Å². The van der Waals surface area contributed by atoms with Gasteiger partial charge in [0.25, 0.3) is 0 Å². The summed E-state index contributed by atoms with van der Waals surface area (Å²) in [7, 11) is 2.14. The zero-order valence-electron chi connectivity index (χ0n) is 15.2. The highest BCUT2D eigenvalue weighted by atomic mass is 16.7. The molecule has 8 heteroatoms. The number of rotatable bonds is 2. The lowest BCUT2D eigenvalue weighted by Crippen LogP contribution is -2.28. The molecule has 0 aliphatic carbocycles. The van der Waals surface area contributed by atoms with Crippen LogP contribution < -0.4 is 10.6 Å². The van der Waals surface area contributed by atoms with Crippen molar-refractivity contribution in [3.05, 3.63) is 42.2 Å². The van der Waals surface area contributed by atoms with Gasteiger partial charge in [0.15, 0.2) is 0 Å². The van der Waals surface area contributed by atoms with E-state index in [1.54, 1.807) is 23.5 Å². The highest BCUT2D eigenvalue weighted by Gasteiger charge is 2.27. The third-order valence-electron chi connectivity index (χ3n) is 5.37. The van der Waals surface area contributed by atoms with Crippen molar-refractivity contribution in [3.63, 3.8) is 0 Å². The van der Waals surface area contributed by atoms with Crippen molar-refractivity contribution < 1.29 is 4.84 Å². The highest BCUT2D eigenvalue weighted by molar-refractivity contribution is 6.11. The summed E-state index contributed by atoms with van der Waals surface area (Å²) in [4.78, 5) is 16.9. The number of hydrogen-bond acceptors (Lipinski definition) is 7. The van der Waals surface area contributed by atoms with Crippen LogP contribution in [-0.2, 0) is 4.84 Å². The number of hydrazine groups is 1. The molecule has 27 heavy (non-hydrogen) atoms. The van der Waals surface area contributed by atoms with Crippen molar-refractivity contribution in [1.82, 2.24) is 25.0 Å². The maximum atomic E-state index is 9.71. The van der Waals surface area contributed by atoms with Crippen molar-refractivity contribution in [3.8, 4) is 6.07 Å². The zero-order valence-corrected chi connectivity index (χ0v) is 15.2. The largest absolute Gasteiger partial charge is 0.395 e. The summed E-state index contributed by atoms with van der Waals surface area (Å²) in [5, 5.41) is 12.3. The van der Waals surface area contributed by atoms with Crippen LogP contribution in [0, 0.1) is 18.3 Å². The van der Waals surface area contributed by atoms with E-state index in [9.17, 15) is 5.26 Å². The van der Waals surface area contributed by atoms with Gasteiger partial charge in [-0.1, -0.05) is 5.59 Å². The number of nitriles is 1. The van der Waals surface area contributed by atoms with Crippen LogP contribution in [0.5, 0.6) is 0 Å². The number of aromatic nitrogens is 3. The molecule has 136 valence electrons. The van der Waals surface area contributed by atoms with E-state index >= 15 is 0 Å². The number of anilines is 1. The molecule has 0 amide bonds. The average molecular weight is 361 g/mol. The first-order valence-corrected chi connectivity index (χ1v) is 8.93. The maximum absolute atomic E-state index is 9.71. The van der Waals surface area contributed by atoms with E-state index in [0.29, 0.717) is 11.6 Å². The van der Waals surface area contributed by atoms with Crippen LogP contribution >= 0.6 is 0 Å². The lowest BCUT2D eigenvalue weighted by atomic mass is 10.0. The smallest absolute Gasteiger partial charge is 0.131 e. The fourth-order valence-electron chi connectivity index (χ4n) is 4.10. The Labute approximate surface area is 156 Å². The van der Waals surface area contributed by atoms with E-state index in [0.717, 1.165) is 52.8 Å². The molecule has 2 aliphatic heterocycles. The average Bonchev–Trinajstić information content (AvgIpc) is 3.41. The molecule has 0 saturated carbocycles. The topological polar surface area (TPSA) is 82.2 Å². The molecule has 2 aliphatic rings. The number of pyridine rings is 1. The minimum absolute atomic E-state index is 0.349. The van der Waals surface area contributed by atoms with Crippen molar-refractivity contribution in [1.29, 1.82) is 5.26 Å². The third-order valence-corrected chi connectivity index (χ3v) is 5.37. The molecule has 0 bridgehead atoms. The molecule has 1 saturated heterocycles. The Morgan fingerprint density at radius 1 is 1.37 bits per heavy atom. The lowest BCUT2D eigenvalue weighted by Gasteiger charge is -2.20. The van der Waals surface area contributed by atoms with E-state index in [1.807, 2.05) is 19.3 Å². The molecule has 1 fully saturated rings. The number of imidazole rings is 1. The van der Waals surface area contributed by atoms with Gasteiger partial charge < -0.3 is 14.3 Å². The second-order valence-corrected chi connectivity index (χ2v) is 7.08. The van der Waals surface area contributed by atoms with Crippen LogP contribution in [0.25, 0.3) is 21.9 Å². The Bertz CT molecular complexity index is 1130. The molecule has 1 aromatic carbocycles. The van der Waals surface area contributed by atoms with Gasteiger partial charge in [-0.15, -0.1) is 0 Å². The van der Waals surface area contributed by atoms with Crippen molar-refractivity contribution in [2.75, 3.05) is 25.1 Å². The van der Waals surface area contributed by atoms with Gasteiger partial charge in [-0.25, -0.2) is 9.99 Å². The van der Waals surface area contributed by atoms with Gasteiger partial charge in [0.2, 0.25) is 0 Å². The van der Waals surface area contributed by atoms with E-state index in [1.165, 1.54) is 0 Å². The Morgan fingerprint density at radius 3 is 2.96 bits per heavy atom. The number of benzene rings is 1. The van der Waals surface area contributed by atoms with Crippen molar-refractivity contribution in [2.24, 2.45) is 0 Å². The van der Waals surface area contributed by atoms with Gasteiger partial charge in [0.05, 0.1) is 45.9 Å². The van der Waals surface area contributed by atoms with Gasteiger partial charge in [0, 0.05) is 12.6 Å². The van der Waals surface area contributed by atoms with Gasteiger partial charge in [0.1, 0.15) is 17.8 Å². The van der Waals surface area contributed by atoms with Gasteiger partial charge >= 0.3 is 0 Å². The fourth-order valence-corrected chi connectivity index (χ4v) is 4.10. The minimum Gasteiger partial charge on any atom is -0.395 e. The standard InChI is InChI=1S/C19H19N7O/c1-12-17-19(25(11-21-17)14-5-6-24(2)10-14)16-15(22-12)4-3-13(9-20)18(16)26-7-8-27-23-26/h3-4,7-8,11,14,23H,5-6,10H2,1-2H3/t14-/m1/s1. The third kappa shape index (κ3) is 2.36. The summed E-state index contributed by atoms with van der Waals surface area (Å²) in [6.45, 7) is 4.02. The summed E-state index contributed by atoms with van der Waals surface area (Å²) in [5.74, 6) is 0. The van der Waals surface area contributed by atoms with Crippen LogP contribution in [0.2, 0.25) is 0 Å². The Morgan fingerprint density at radius 2 is 2.26 bits per heavy atom. The molecule has 4 heterocycles. The Hall–Kier alpha value is -3.15. The van der Waals surface area contributed by atoms with Gasteiger partial charge in [-0.2, -0.15) is 5.26 Å². The molecule has 5 rings (SSSR count). The summed E-state index contributed by atoms with van der Waals surface area (Å²) in [6.07, 6.45) is 6.28. The molecule has 0 unspecified atom stereocenters. The SMILES string of the molecule is Cc1nc2ccc(C#N)c(N3C=CON3)c2c2c1ncn2[C@@H]1CCN(C)C1. The zero-order chi connectivity index (χ0) is 18.5. The number of fused-ring (bicyclic) bond motifs is 3. The van der Waals surface area contributed by atoms with Crippen LogP contribution in [0.3, 0.4) is 0 Å². The molecule has 2 aromatic heterocycles. The molecule has 1 N–H and O–H groups in total. The predicted octanol–water partition coefficient (Wildman–Crippen LogP) is 2.37. The van der Waals surface area contributed by atoms with Crippen LogP contribution in [0.4, 0.5) is 5.69 Å². The molecule has 8 nitrogen and oxygen atoms in total. The summed E-state index contributed by atoms with van der Waals surface area (Å²) < 4.78 is 2.25. The molecule has 3 aromatic rings. The Kier molecular flexibility index (Phi) is 3.53. The first-order chi connectivity index (χ1) is 13.2. The van der Waals surface area contributed by atoms with Crippen LogP contribution in [-0.4, -0.2) is 39.6 Å². The van der Waals surface area contributed by atoms with Crippen LogP contribution in [0.1, 0.15) is 23.7 Å². The highest BCUT2D eigenvalue weighted by Crippen LogP contribution is 2.38. The minimum atomic E-state index is 0.349. The van der Waals surface area contributed by atoms with Gasteiger partial charge in [-0.3, -0.25) is 4.98 Å². The first-order valence-electron chi connectivity index (χ1n) is 8.93. The first kappa shape index (κ1) is 16.1. The molecular formula is C19H19N7O. The molecule has 1 atom stereocenters. The number of aryl methyl sites for hydroxylation is 1. The van der Waals surface area contributed by atoms with Crippen molar-refractivity contribution >= 4 is 27.6 Å². The normalized spacial score (nSPS) is 19.9. The monoisotopic (exact) mass is 361 g/mol. The van der Waals surface area contributed by atoms with E-state index in [4.69, 9.17) is 9.82 Å². The quantitative estimate of drug-likeness (QED) is 0.750. The second-order valence-electron chi connectivity index (χ2n) is 7.08. The summed E-state index contributed by atoms with van der Waals surface area (Å²) in [5.41, 5.74) is 7.71. The Balaban J connectivity index is 1.88. The number of hydrogen-bond donors (Lipinski definition) is 1. The molecule has 0 radical (unpaired) electrons.